The maximum atomic E-state index is 12.9. The molecule has 0 spiro atoms. The molecule has 0 unspecified atom stereocenters. The lowest BCUT2D eigenvalue weighted by Crippen LogP contribution is -2.48. The standard InChI is InChI=1S/C19H18F3N3O3/c1-13-5-6-14(11-17(13)25(27)28)18(26)24-9-7-23(8-10-24)16-4-2-3-15(12-16)19(20,21)22/h2-6,11-12H,7-10H2,1H3. The van der Waals surface area contributed by atoms with E-state index >= 15 is 0 Å². The molecule has 0 bridgehead atoms. The monoisotopic (exact) mass is 393 g/mol. The number of nitrogens with zero attached hydrogens (tertiary/aromatic N) is 3. The molecule has 0 radical (unpaired) electrons. The normalized spacial score (nSPS) is 14.9. The Morgan fingerprint density at radius 3 is 2.36 bits per heavy atom. The number of aryl methyl sites for hydroxylation is 1. The maximum absolute atomic E-state index is 12.9. The highest BCUT2D eigenvalue weighted by Crippen LogP contribution is 2.32. The smallest absolute Gasteiger partial charge is 0.368 e. The van der Waals surface area contributed by atoms with Crippen molar-refractivity contribution in [2.45, 2.75) is 13.1 Å². The Morgan fingerprint density at radius 2 is 1.75 bits per heavy atom. The molecule has 1 amide bonds. The van der Waals surface area contributed by atoms with Gasteiger partial charge in [0.05, 0.1) is 10.5 Å². The number of hydrogen-bond donors (Lipinski definition) is 0. The summed E-state index contributed by atoms with van der Waals surface area (Å²) in [5, 5.41) is 11.1. The van der Waals surface area contributed by atoms with Crippen LogP contribution in [0, 0.1) is 17.0 Å². The van der Waals surface area contributed by atoms with Crippen molar-refractivity contribution in [2.24, 2.45) is 0 Å². The van der Waals surface area contributed by atoms with Crippen LogP contribution in [0.1, 0.15) is 21.5 Å². The largest absolute Gasteiger partial charge is 0.416 e. The fourth-order valence-electron chi connectivity index (χ4n) is 3.17. The summed E-state index contributed by atoms with van der Waals surface area (Å²) in [6.45, 7) is 2.98. The Morgan fingerprint density at radius 1 is 1.07 bits per heavy atom. The number of hydrogen-bond acceptors (Lipinski definition) is 4. The number of benzene rings is 2. The van der Waals surface area contributed by atoms with E-state index in [9.17, 15) is 28.1 Å². The van der Waals surface area contributed by atoms with Gasteiger partial charge < -0.3 is 9.80 Å². The zero-order valence-corrected chi connectivity index (χ0v) is 15.1. The molecule has 6 nitrogen and oxygen atoms in total. The van der Waals surface area contributed by atoms with Crippen molar-refractivity contribution in [1.29, 1.82) is 0 Å². The van der Waals surface area contributed by atoms with E-state index in [0.717, 1.165) is 12.1 Å². The van der Waals surface area contributed by atoms with Crippen LogP contribution in [0.15, 0.2) is 42.5 Å². The first kappa shape index (κ1) is 19.7. The molecular weight excluding hydrogens is 375 g/mol. The molecule has 0 saturated carbocycles. The summed E-state index contributed by atoms with van der Waals surface area (Å²) in [6, 6.07) is 9.43. The quantitative estimate of drug-likeness (QED) is 0.586. The highest BCUT2D eigenvalue weighted by Gasteiger charge is 2.31. The van der Waals surface area contributed by atoms with Crippen molar-refractivity contribution >= 4 is 17.3 Å². The molecule has 0 atom stereocenters. The molecule has 9 heteroatoms. The number of halogens is 3. The molecule has 1 aliphatic heterocycles. The predicted molar refractivity (Wildman–Crippen MR) is 97.4 cm³/mol. The SMILES string of the molecule is Cc1ccc(C(=O)N2CCN(c3cccc(C(F)(F)F)c3)CC2)cc1[N+](=O)[O-]. The van der Waals surface area contributed by atoms with E-state index in [1.807, 2.05) is 0 Å². The van der Waals surface area contributed by atoms with E-state index in [1.165, 1.54) is 18.2 Å². The zero-order chi connectivity index (χ0) is 20.5. The Hall–Kier alpha value is -3.10. The van der Waals surface area contributed by atoms with Crippen LogP contribution in [-0.4, -0.2) is 41.9 Å². The third-order valence-electron chi connectivity index (χ3n) is 4.76. The topological polar surface area (TPSA) is 66.7 Å². The third-order valence-corrected chi connectivity index (χ3v) is 4.76. The highest BCUT2D eigenvalue weighted by atomic mass is 19.4. The first-order valence-corrected chi connectivity index (χ1v) is 8.63. The third kappa shape index (κ3) is 4.08. The van der Waals surface area contributed by atoms with Crippen LogP contribution in [0.3, 0.4) is 0 Å². The number of amides is 1. The van der Waals surface area contributed by atoms with Crippen molar-refractivity contribution in [3.8, 4) is 0 Å². The molecule has 2 aromatic rings. The van der Waals surface area contributed by atoms with Crippen LogP contribution >= 0.6 is 0 Å². The Balaban J connectivity index is 1.70. The number of nitro groups is 1. The maximum Gasteiger partial charge on any atom is 0.416 e. The van der Waals surface area contributed by atoms with Gasteiger partial charge in [0.15, 0.2) is 0 Å². The van der Waals surface area contributed by atoms with Crippen LogP contribution in [0.5, 0.6) is 0 Å². The van der Waals surface area contributed by atoms with Gasteiger partial charge in [-0.2, -0.15) is 13.2 Å². The lowest BCUT2D eigenvalue weighted by molar-refractivity contribution is -0.385. The Bertz CT molecular complexity index is 907. The van der Waals surface area contributed by atoms with E-state index < -0.39 is 16.7 Å². The van der Waals surface area contributed by atoms with Gasteiger partial charge in [0.2, 0.25) is 0 Å². The van der Waals surface area contributed by atoms with Crippen LogP contribution in [0.25, 0.3) is 0 Å². The van der Waals surface area contributed by atoms with Crippen LogP contribution < -0.4 is 4.90 Å². The van der Waals surface area contributed by atoms with Crippen LogP contribution in [0.4, 0.5) is 24.5 Å². The van der Waals surface area contributed by atoms with E-state index in [2.05, 4.69) is 0 Å². The number of carbonyl (C=O) groups excluding carboxylic acids is 1. The molecule has 1 aliphatic rings. The summed E-state index contributed by atoms with van der Waals surface area (Å²) in [7, 11) is 0. The molecule has 3 rings (SSSR count). The first-order chi connectivity index (χ1) is 13.2. The molecule has 1 saturated heterocycles. The average Bonchev–Trinajstić information content (AvgIpc) is 2.67. The van der Waals surface area contributed by atoms with Gasteiger partial charge in [0, 0.05) is 49.1 Å². The molecule has 0 aliphatic carbocycles. The van der Waals surface area contributed by atoms with E-state index in [1.54, 1.807) is 28.9 Å². The van der Waals surface area contributed by atoms with Gasteiger partial charge in [0.25, 0.3) is 11.6 Å². The molecular formula is C19H18F3N3O3. The molecule has 1 heterocycles. The van der Waals surface area contributed by atoms with Gasteiger partial charge in [0.1, 0.15) is 0 Å². The van der Waals surface area contributed by atoms with Crippen molar-refractivity contribution in [1.82, 2.24) is 4.90 Å². The lowest BCUT2D eigenvalue weighted by atomic mass is 10.1. The molecule has 0 N–H and O–H groups in total. The van der Waals surface area contributed by atoms with Crippen molar-refractivity contribution in [3.63, 3.8) is 0 Å². The molecule has 28 heavy (non-hydrogen) atoms. The number of alkyl halides is 3. The highest BCUT2D eigenvalue weighted by molar-refractivity contribution is 5.95. The summed E-state index contributed by atoms with van der Waals surface area (Å²) in [5.41, 5.74) is 0.317. The second kappa shape index (κ2) is 7.49. The predicted octanol–water partition coefficient (Wildman–Crippen LogP) is 3.88. The summed E-state index contributed by atoms with van der Waals surface area (Å²) in [4.78, 5) is 26.5. The zero-order valence-electron chi connectivity index (χ0n) is 15.1. The number of nitro benzene ring substituents is 1. The van der Waals surface area contributed by atoms with Crippen molar-refractivity contribution in [3.05, 3.63) is 69.3 Å². The van der Waals surface area contributed by atoms with Gasteiger partial charge in [-0.3, -0.25) is 14.9 Å². The number of rotatable bonds is 3. The fourth-order valence-corrected chi connectivity index (χ4v) is 3.17. The van der Waals surface area contributed by atoms with E-state index in [0.29, 0.717) is 37.4 Å². The first-order valence-electron chi connectivity index (χ1n) is 8.63. The minimum Gasteiger partial charge on any atom is -0.368 e. The van der Waals surface area contributed by atoms with Gasteiger partial charge in [-0.05, 0) is 31.2 Å². The Kier molecular flexibility index (Phi) is 5.26. The van der Waals surface area contributed by atoms with Crippen molar-refractivity contribution in [2.75, 3.05) is 31.1 Å². The minimum absolute atomic E-state index is 0.117. The minimum atomic E-state index is -4.41. The summed E-state index contributed by atoms with van der Waals surface area (Å²) in [6.07, 6.45) is -4.41. The molecule has 148 valence electrons. The lowest BCUT2D eigenvalue weighted by Gasteiger charge is -2.36. The van der Waals surface area contributed by atoms with Gasteiger partial charge >= 0.3 is 6.18 Å². The second-order valence-corrected chi connectivity index (χ2v) is 6.59. The van der Waals surface area contributed by atoms with Crippen molar-refractivity contribution < 1.29 is 22.9 Å². The Labute approximate surface area is 159 Å². The average molecular weight is 393 g/mol. The molecule has 1 fully saturated rings. The molecule has 0 aromatic heterocycles. The number of piperazine rings is 1. The van der Waals surface area contributed by atoms with Gasteiger partial charge in [-0.1, -0.05) is 12.1 Å². The number of anilines is 1. The van der Waals surface area contributed by atoms with Gasteiger partial charge in [-0.25, -0.2) is 0 Å². The van der Waals surface area contributed by atoms with Crippen LogP contribution in [0.2, 0.25) is 0 Å². The van der Waals surface area contributed by atoms with E-state index in [-0.39, 0.29) is 17.2 Å². The summed E-state index contributed by atoms with van der Waals surface area (Å²) >= 11 is 0. The molecule has 2 aromatic carbocycles. The van der Waals surface area contributed by atoms with Gasteiger partial charge in [-0.15, -0.1) is 0 Å². The second-order valence-electron chi connectivity index (χ2n) is 6.59. The summed E-state index contributed by atoms with van der Waals surface area (Å²) in [5.74, 6) is -0.327. The fraction of sp³-hybridized carbons (Fsp3) is 0.316. The summed E-state index contributed by atoms with van der Waals surface area (Å²) < 4.78 is 38.7. The van der Waals surface area contributed by atoms with E-state index in [4.69, 9.17) is 0 Å². The van der Waals surface area contributed by atoms with Crippen LogP contribution in [-0.2, 0) is 6.18 Å². The number of carbonyl (C=O) groups is 1.